The summed E-state index contributed by atoms with van der Waals surface area (Å²) in [5, 5.41) is 37.3. The van der Waals surface area contributed by atoms with Gasteiger partial charge >= 0.3 is 65.1 Å². The Balaban J connectivity index is 0.00000306. The summed E-state index contributed by atoms with van der Waals surface area (Å²) in [7, 11) is 1.53. The molecule has 0 aromatic carbocycles. The Morgan fingerprint density at radius 3 is 2.69 bits per heavy atom. The van der Waals surface area contributed by atoms with Crippen molar-refractivity contribution in [1.29, 1.82) is 0 Å². The molecule has 3 N–H and O–H groups in total. The maximum atomic E-state index is 12.8. The number of oxime groups is 1. The monoisotopic (exact) mass is 561 g/mol. The van der Waals surface area contributed by atoms with Crippen LogP contribution in [-0.4, -0.2) is 87.7 Å². The van der Waals surface area contributed by atoms with E-state index in [2.05, 4.69) is 20.0 Å². The van der Waals surface area contributed by atoms with Crippen LogP contribution in [0.3, 0.4) is 0 Å². The number of carboxylic acids is 2. The third-order valence-corrected chi connectivity index (χ3v) is 7.41. The van der Waals surface area contributed by atoms with Crippen molar-refractivity contribution in [2.24, 2.45) is 10.1 Å². The van der Waals surface area contributed by atoms with Crippen molar-refractivity contribution in [3.05, 3.63) is 21.7 Å². The van der Waals surface area contributed by atoms with Gasteiger partial charge in [0.15, 0.2) is 17.8 Å². The second-order valence-corrected chi connectivity index (χ2v) is 9.55. The standard InChI is InChI=1S/C17H19N5O8S3.2Na/c1-29-2-3-31-8-6-32-15-11(14(26)22(15)12(8)16(27)28)20-13(25)10(21-30-4-9(23)24)7-5-33-17(18)19-7;;/h5,11,15H,2-4,6H2,1H3,(H2,18,19)(H,20,25)(H,23,24)(H,27,28);;/q;2*+1/p-2/b21-10+;;/t11-,15-;;/m1../s1. The van der Waals surface area contributed by atoms with E-state index < -0.39 is 47.5 Å². The number of carbonyl (C=O) groups is 3. The minimum Gasteiger partial charge on any atom is -0.857 e. The number of hydrogen-bond donors (Lipinski definition) is 2. The molecule has 2 aliphatic rings. The molecule has 18 heteroatoms. The number of aromatic nitrogens is 1. The molecular formula is C17H17N5Na2O8S3. The van der Waals surface area contributed by atoms with Crippen LogP contribution in [0, 0.1) is 0 Å². The van der Waals surface area contributed by atoms with E-state index >= 15 is 0 Å². The van der Waals surface area contributed by atoms with Crippen LogP contribution in [0.15, 0.2) is 26.1 Å². The first-order valence-electron chi connectivity index (χ1n) is 9.13. The average Bonchev–Trinajstić information content (AvgIpc) is 3.19. The average molecular weight is 562 g/mol. The van der Waals surface area contributed by atoms with Crippen molar-refractivity contribution in [1.82, 2.24) is 9.88 Å². The summed E-state index contributed by atoms with van der Waals surface area (Å²) in [5.74, 6) is -3.62. The summed E-state index contributed by atoms with van der Waals surface area (Å²) < 4.78 is 4.97. The van der Waals surface area contributed by atoms with Gasteiger partial charge in [-0.25, -0.2) is 9.78 Å². The predicted octanol–water partition coefficient (Wildman–Crippen LogP) is -8.08. The number of anilines is 1. The van der Waals surface area contributed by atoms with Gasteiger partial charge in [0.05, 0.1) is 12.6 Å². The number of aliphatic carboxylic acids is 2. The van der Waals surface area contributed by atoms with Crippen molar-refractivity contribution in [3.8, 4) is 0 Å². The molecule has 1 aromatic rings. The molecule has 178 valence electrons. The van der Waals surface area contributed by atoms with Gasteiger partial charge in [-0.1, -0.05) is 5.16 Å². The zero-order valence-electron chi connectivity index (χ0n) is 19.0. The van der Waals surface area contributed by atoms with Crippen molar-refractivity contribution < 1.29 is 98.4 Å². The number of ether oxygens (including phenoxy) is 1. The van der Waals surface area contributed by atoms with E-state index in [0.29, 0.717) is 23.0 Å². The summed E-state index contributed by atoms with van der Waals surface area (Å²) in [6.07, 6.45) is 0. The fraction of sp³-hybridized carbons (Fsp3) is 0.412. The van der Waals surface area contributed by atoms with E-state index in [0.717, 1.165) is 16.2 Å². The molecule has 3 heterocycles. The van der Waals surface area contributed by atoms with Crippen molar-refractivity contribution in [3.63, 3.8) is 0 Å². The number of nitrogen functional groups attached to an aromatic ring is 1. The van der Waals surface area contributed by atoms with E-state index in [1.165, 1.54) is 36.0 Å². The second-order valence-electron chi connectivity index (χ2n) is 6.36. The van der Waals surface area contributed by atoms with Crippen LogP contribution < -0.4 is 75.1 Å². The number of thioether (sulfide) groups is 2. The molecule has 0 spiro atoms. The normalized spacial score (nSPS) is 19.8. The Morgan fingerprint density at radius 2 is 2.11 bits per heavy atom. The van der Waals surface area contributed by atoms with Gasteiger partial charge in [-0.05, 0) is 0 Å². The molecule has 2 atom stereocenters. The number of β-lactam (4-membered cyclic amide) rings is 1. The van der Waals surface area contributed by atoms with Crippen molar-refractivity contribution >= 4 is 69.4 Å². The second kappa shape index (κ2) is 14.8. The molecule has 0 unspecified atom stereocenters. The molecule has 1 fully saturated rings. The molecule has 0 aliphatic carbocycles. The number of aliphatic imine (C=N–C) groups is 1. The smallest absolute Gasteiger partial charge is 0.857 e. The van der Waals surface area contributed by atoms with E-state index in [1.54, 1.807) is 0 Å². The zero-order chi connectivity index (χ0) is 24.1. The van der Waals surface area contributed by atoms with Crippen molar-refractivity contribution in [2.45, 2.75) is 11.4 Å². The predicted molar refractivity (Wildman–Crippen MR) is 117 cm³/mol. The maximum absolute atomic E-state index is 12.8. The number of carbonyl (C=O) groups excluding carboxylic acids is 2. The molecule has 3 rings (SSSR count). The van der Waals surface area contributed by atoms with Gasteiger partial charge in [0.1, 0.15) is 22.5 Å². The number of nitrogens with two attached hydrogens (primary N) is 1. The van der Waals surface area contributed by atoms with Crippen LogP contribution in [0.2, 0.25) is 0 Å². The fourth-order valence-electron chi connectivity index (χ4n) is 2.84. The van der Waals surface area contributed by atoms with Crippen LogP contribution >= 0.6 is 34.9 Å². The maximum Gasteiger partial charge on any atom is 1.00 e. The number of amides is 1. The fourth-order valence-corrected chi connectivity index (χ4v) is 5.92. The van der Waals surface area contributed by atoms with E-state index in [-0.39, 0.29) is 75.6 Å². The minimum atomic E-state index is -1.56. The van der Waals surface area contributed by atoms with Gasteiger partial charge in [-0.2, -0.15) is 0 Å². The topological polar surface area (TPSA) is 203 Å². The number of nitrogens with zero attached hydrogens (tertiary/aromatic N) is 4. The number of fused-ring (bicyclic) bond motifs is 1. The molecule has 0 saturated carbocycles. The van der Waals surface area contributed by atoms with Gasteiger partial charge in [0.2, 0.25) is 0 Å². The summed E-state index contributed by atoms with van der Waals surface area (Å²) in [6.45, 7) is -0.500. The van der Waals surface area contributed by atoms with Gasteiger partial charge in [0.25, 0.3) is 5.91 Å². The summed E-state index contributed by atoms with van der Waals surface area (Å²) in [4.78, 5) is 49.1. The Bertz CT molecular complexity index is 1050. The van der Waals surface area contributed by atoms with E-state index in [1.807, 2.05) is 0 Å². The van der Waals surface area contributed by atoms with Gasteiger partial charge in [-0.15, -0.1) is 34.9 Å². The van der Waals surface area contributed by atoms with Crippen LogP contribution in [0.5, 0.6) is 0 Å². The number of methoxy groups -OCH3 is 1. The third-order valence-electron chi connectivity index (χ3n) is 4.23. The number of hydrogen-bond acceptors (Lipinski definition) is 14. The summed E-state index contributed by atoms with van der Waals surface area (Å²) in [6, 6.07) is -1.15. The van der Waals surface area contributed by atoms with Gasteiger partial charge < -0.3 is 35.4 Å². The Hall–Kier alpha value is -0.820. The zero-order valence-corrected chi connectivity index (χ0v) is 25.4. The third kappa shape index (κ3) is 7.83. The molecule has 2 aliphatic heterocycles. The van der Waals surface area contributed by atoms with Crippen LogP contribution in [0.25, 0.3) is 0 Å². The molecule has 0 bridgehead atoms. The summed E-state index contributed by atoms with van der Waals surface area (Å²) in [5.41, 5.74) is 4.99. The number of rotatable bonds is 11. The molecule has 1 amide bonds. The Morgan fingerprint density at radius 1 is 1.40 bits per heavy atom. The first-order chi connectivity index (χ1) is 15.7. The van der Waals surface area contributed by atoms with Crippen molar-refractivity contribution in [2.75, 3.05) is 37.6 Å². The Labute approximate surface area is 256 Å². The minimum absolute atomic E-state index is 0. The largest absolute Gasteiger partial charge is 1.00 e. The number of carboxylic acid groups (broad SMARTS) is 2. The van der Waals surface area contributed by atoms with E-state index in [9.17, 15) is 29.7 Å². The quantitative estimate of drug-likeness (QED) is 0.0646. The molecular weight excluding hydrogens is 544 g/mol. The molecule has 1 aromatic heterocycles. The number of thiazole rings is 1. The van der Waals surface area contributed by atoms with Crippen LogP contribution in [-0.2, 0) is 24.0 Å². The molecule has 1 saturated heterocycles. The molecule has 0 radical (unpaired) electrons. The molecule has 35 heavy (non-hydrogen) atoms. The van der Waals surface area contributed by atoms with Gasteiger partial charge in [0, 0.05) is 34.8 Å². The first kappa shape index (κ1) is 32.2. The van der Waals surface area contributed by atoms with Crippen LogP contribution in [0.1, 0.15) is 5.69 Å². The van der Waals surface area contributed by atoms with Crippen LogP contribution in [0.4, 0.5) is 5.13 Å². The summed E-state index contributed by atoms with van der Waals surface area (Å²) >= 11 is 3.56. The van der Waals surface area contributed by atoms with Gasteiger partial charge in [-0.3, -0.25) is 14.7 Å². The Kier molecular flexibility index (Phi) is 13.6. The van der Waals surface area contributed by atoms with E-state index in [4.69, 9.17) is 10.5 Å². The molecule has 13 nitrogen and oxygen atoms in total. The first-order valence-corrected chi connectivity index (χ1v) is 12.0. The SMILES string of the molecule is COCCSC1=C(C(=O)O)N2C(=O)[C@@H](N=C([O-])/C(=N/OCC(=O)[O-])c3csc(N)n3)[C@H]2SC1.[Na+].[Na+].